The fraction of sp³-hybridized carbons (Fsp3) is 0.0526. The van der Waals surface area contributed by atoms with Gasteiger partial charge >= 0.3 is 5.97 Å². The van der Waals surface area contributed by atoms with Gasteiger partial charge in [-0.25, -0.2) is 4.79 Å². The molecule has 0 bridgehead atoms. The number of pyridine rings is 1. The molecule has 4 rings (SSSR count). The topological polar surface area (TPSA) is 98.5 Å². The van der Waals surface area contributed by atoms with Gasteiger partial charge in [-0.1, -0.05) is 17.7 Å². The Morgan fingerprint density at radius 3 is 2.82 bits per heavy atom. The summed E-state index contributed by atoms with van der Waals surface area (Å²) in [6, 6.07) is 6.65. The number of hydrogen-bond acceptors (Lipinski definition) is 7. The number of thioether (sulfide) groups is 1. The minimum Gasteiger partial charge on any atom is -0.465 e. The van der Waals surface area contributed by atoms with Crippen molar-refractivity contribution in [2.45, 2.75) is 0 Å². The number of rotatable bonds is 3. The molecule has 1 aromatic carbocycles. The van der Waals surface area contributed by atoms with Gasteiger partial charge in [-0.05, 0) is 35.5 Å². The number of nitrogens with one attached hydrogen (secondary N) is 1. The van der Waals surface area contributed by atoms with Gasteiger partial charge in [-0.15, -0.1) is 0 Å². The quantitative estimate of drug-likeness (QED) is 0.505. The molecule has 28 heavy (non-hydrogen) atoms. The van der Waals surface area contributed by atoms with Gasteiger partial charge in [-0.3, -0.25) is 19.9 Å². The third-order valence-corrected chi connectivity index (χ3v) is 5.18. The first-order valence-corrected chi connectivity index (χ1v) is 9.16. The highest BCUT2D eigenvalue weighted by Gasteiger charge is 2.25. The summed E-state index contributed by atoms with van der Waals surface area (Å²) >= 11 is 6.89. The average molecular weight is 415 g/mol. The molecule has 140 valence electrons. The van der Waals surface area contributed by atoms with Crippen LogP contribution in [0.25, 0.3) is 28.2 Å². The lowest BCUT2D eigenvalue weighted by Crippen LogP contribution is -2.17. The third kappa shape index (κ3) is 3.28. The number of halogens is 1. The number of amides is 2. The summed E-state index contributed by atoms with van der Waals surface area (Å²) in [5.41, 5.74) is 2.06. The molecule has 0 saturated carbocycles. The van der Waals surface area contributed by atoms with E-state index in [1.54, 1.807) is 36.7 Å². The van der Waals surface area contributed by atoms with Gasteiger partial charge < -0.3 is 9.15 Å². The molecule has 0 unspecified atom stereocenters. The van der Waals surface area contributed by atoms with Crippen LogP contribution in [0.2, 0.25) is 5.02 Å². The molecule has 2 amide bonds. The fourth-order valence-corrected chi connectivity index (χ4v) is 3.63. The van der Waals surface area contributed by atoms with Crippen LogP contribution in [0.4, 0.5) is 4.79 Å². The van der Waals surface area contributed by atoms with E-state index in [0.717, 1.165) is 11.8 Å². The first-order chi connectivity index (χ1) is 13.5. The van der Waals surface area contributed by atoms with Crippen LogP contribution < -0.4 is 5.32 Å². The van der Waals surface area contributed by atoms with E-state index >= 15 is 0 Å². The maximum Gasteiger partial charge on any atom is 0.339 e. The average Bonchev–Trinajstić information content (AvgIpc) is 3.23. The second-order valence-corrected chi connectivity index (χ2v) is 7.21. The minimum absolute atomic E-state index is 0.227. The molecule has 0 radical (unpaired) electrons. The Kier molecular flexibility index (Phi) is 4.66. The molecule has 1 saturated heterocycles. The smallest absolute Gasteiger partial charge is 0.339 e. The van der Waals surface area contributed by atoms with Crippen LogP contribution in [-0.4, -0.2) is 29.2 Å². The highest BCUT2D eigenvalue weighted by atomic mass is 35.5. The van der Waals surface area contributed by atoms with Crippen molar-refractivity contribution in [3.63, 3.8) is 0 Å². The van der Waals surface area contributed by atoms with Crippen molar-refractivity contribution in [3.05, 3.63) is 57.9 Å². The number of aromatic nitrogens is 1. The van der Waals surface area contributed by atoms with Crippen LogP contribution in [0.3, 0.4) is 0 Å². The second kappa shape index (κ2) is 7.14. The fourth-order valence-electron chi connectivity index (χ4n) is 2.77. The predicted molar refractivity (Wildman–Crippen MR) is 105 cm³/mol. The molecule has 7 nitrogen and oxygen atoms in total. The summed E-state index contributed by atoms with van der Waals surface area (Å²) < 4.78 is 10.6. The molecule has 1 N–H and O–H groups in total. The molecule has 1 fully saturated rings. The van der Waals surface area contributed by atoms with E-state index in [9.17, 15) is 14.4 Å². The summed E-state index contributed by atoms with van der Waals surface area (Å²) in [5.74, 6) is -0.612. The highest BCUT2D eigenvalue weighted by molar-refractivity contribution is 8.18. The molecule has 3 aromatic rings. The van der Waals surface area contributed by atoms with Crippen LogP contribution >= 0.6 is 23.4 Å². The van der Waals surface area contributed by atoms with Gasteiger partial charge in [0.05, 0.1) is 22.6 Å². The molecule has 9 heteroatoms. The zero-order valence-electron chi connectivity index (χ0n) is 14.3. The van der Waals surface area contributed by atoms with E-state index in [0.29, 0.717) is 27.9 Å². The van der Waals surface area contributed by atoms with E-state index < -0.39 is 17.1 Å². The van der Waals surface area contributed by atoms with Crippen molar-refractivity contribution in [1.29, 1.82) is 0 Å². The Labute approximate surface area is 167 Å². The van der Waals surface area contributed by atoms with Crippen LogP contribution in [0.5, 0.6) is 0 Å². The zero-order valence-corrected chi connectivity index (χ0v) is 15.9. The first kappa shape index (κ1) is 18.3. The Morgan fingerprint density at radius 2 is 2.11 bits per heavy atom. The Hall–Kier alpha value is -3.10. The predicted octanol–water partition coefficient (Wildman–Crippen LogP) is 4.26. The third-order valence-electron chi connectivity index (χ3n) is 4.04. The number of imide groups is 1. The number of fused-ring (bicyclic) bond motifs is 1. The van der Waals surface area contributed by atoms with Crippen LogP contribution in [0.15, 0.2) is 46.0 Å². The molecule has 2 aromatic heterocycles. The largest absolute Gasteiger partial charge is 0.465 e. The molecular weight excluding hydrogens is 404 g/mol. The molecule has 0 aliphatic carbocycles. The summed E-state index contributed by atoms with van der Waals surface area (Å²) in [5, 5.41) is 2.74. The van der Waals surface area contributed by atoms with Gasteiger partial charge in [-0.2, -0.15) is 0 Å². The van der Waals surface area contributed by atoms with Gasteiger partial charge in [0, 0.05) is 29.4 Å². The molecule has 1 aliphatic heterocycles. The number of carbonyl (C=O) groups is 3. The number of benzene rings is 1. The number of ether oxygens (including phenoxy) is 1. The number of furan rings is 1. The monoisotopic (exact) mass is 414 g/mol. The van der Waals surface area contributed by atoms with Crippen LogP contribution in [-0.2, 0) is 9.53 Å². The Balaban J connectivity index is 1.80. The lowest BCUT2D eigenvalue weighted by molar-refractivity contribution is -0.115. The molecule has 0 spiro atoms. The molecular formula is C19H11ClN2O5S. The standard InChI is InChI=1S/C19H11ClN2O5S/c1-26-18(24)12-5-9(2-3-14(12)20)13-8-21-7-10-4-11(27-16(10)13)6-15-17(23)22-19(25)28-15/h2-8H,1H3,(H,22,23,25). The molecule has 1 aliphatic rings. The van der Waals surface area contributed by atoms with E-state index in [2.05, 4.69) is 10.3 Å². The van der Waals surface area contributed by atoms with E-state index in [1.165, 1.54) is 13.2 Å². The number of carbonyl (C=O) groups excluding carboxylic acids is 3. The number of nitrogens with zero attached hydrogens (tertiary/aromatic N) is 1. The zero-order chi connectivity index (χ0) is 19.8. The molecule has 0 atom stereocenters. The molecule has 3 heterocycles. The van der Waals surface area contributed by atoms with E-state index in [4.69, 9.17) is 20.8 Å². The second-order valence-electron chi connectivity index (χ2n) is 5.79. The minimum atomic E-state index is -0.550. The van der Waals surface area contributed by atoms with Gasteiger partial charge in [0.1, 0.15) is 11.3 Å². The number of esters is 1. The van der Waals surface area contributed by atoms with Crippen molar-refractivity contribution < 1.29 is 23.5 Å². The Morgan fingerprint density at radius 1 is 1.29 bits per heavy atom. The summed E-state index contributed by atoms with van der Waals surface area (Å²) in [6.45, 7) is 0. The summed E-state index contributed by atoms with van der Waals surface area (Å²) in [6.07, 6.45) is 4.72. The van der Waals surface area contributed by atoms with Gasteiger partial charge in [0.15, 0.2) is 0 Å². The summed E-state index contributed by atoms with van der Waals surface area (Å²) in [4.78, 5) is 39.4. The van der Waals surface area contributed by atoms with Gasteiger partial charge in [0.2, 0.25) is 0 Å². The van der Waals surface area contributed by atoms with E-state index in [-0.39, 0.29) is 15.5 Å². The maximum atomic E-state index is 11.9. The van der Waals surface area contributed by atoms with Crippen molar-refractivity contribution in [3.8, 4) is 11.1 Å². The first-order valence-electron chi connectivity index (χ1n) is 7.97. The van der Waals surface area contributed by atoms with Crippen molar-refractivity contribution in [2.75, 3.05) is 7.11 Å². The van der Waals surface area contributed by atoms with Crippen LogP contribution in [0, 0.1) is 0 Å². The normalized spacial score (nSPS) is 15.3. The SMILES string of the molecule is COC(=O)c1cc(-c2cncc3cc(C=C4SC(=O)NC4=O)oc23)ccc1Cl. The van der Waals surface area contributed by atoms with Crippen molar-refractivity contribution >= 4 is 57.5 Å². The highest BCUT2D eigenvalue weighted by Crippen LogP contribution is 2.34. The van der Waals surface area contributed by atoms with E-state index in [1.807, 2.05) is 0 Å². The maximum absolute atomic E-state index is 11.9. The van der Waals surface area contributed by atoms with Crippen LogP contribution in [0.1, 0.15) is 16.1 Å². The van der Waals surface area contributed by atoms with Crippen molar-refractivity contribution in [2.24, 2.45) is 0 Å². The number of methoxy groups -OCH3 is 1. The lowest BCUT2D eigenvalue weighted by atomic mass is 10.0. The number of hydrogen-bond donors (Lipinski definition) is 1. The lowest BCUT2D eigenvalue weighted by Gasteiger charge is -2.06. The van der Waals surface area contributed by atoms with Gasteiger partial charge in [0.25, 0.3) is 11.1 Å². The Bertz CT molecular complexity index is 1180. The summed E-state index contributed by atoms with van der Waals surface area (Å²) in [7, 11) is 1.28. The van der Waals surface area contributed by atoms with Crippen molar-refractivity contribution in [1.82, 2.24) is 10.3 Å².